The second kappa shape index (κ2) is 9.79. The molecule has 0 spiro atoms. The lowest BCUT2D eigenvalue weighted by Gasteiger charge is -2.34. The van der Waals surface area contributed by atoms with Crippen molar-refractivity contribution in [1.82, 2.24) is 0 Å². The molecule has 2 nitrogen and oxygen atoms in total. The maximum Gasteiger partial charge on any atom is 0.179 e. The molecular formula is C36H27NOSi. The predicted octanol–water partition coefficient (Wildman–Crippen LogP) is 6.71. The summed E-state index contributed by atoms with van der Waals surface area (Å²) < 4.78 is 6.05. The van der Waals surface area contributed by atoms with Gasteiger partial charge in [-0.15, -0.1) is 0 Å². The van der Waals surface area contributed by atoms with Crippen LogP contribution >= 0.6 is 0 Å². The van der Waals surface area contributed by atoms with Crippen LogP contribution in [0, 0.1) is 0 Å². The van der Waals surface area contributed by atoms with E-state index in [1.165, 1.54) is 20.7 Å². The van der Waals surface area contributed by atoms with Crippen LogP contribution in [-0.2, 0) is 0 Å². The van der Waals surface area contributed by atoms with E-state index in [-0.39, 0.29) is 0 Å². The zero-order valence-electron chi connectivity index (χ0n) is 21.4. The third kappa shape index (κ3) is 4.04. The summed E-state index contributed by atoms with van der Waals surface area (Å²) in [6, 6.07) is 56.6. The average Bonchev–Trinajstić information content (AvgIpc) is 3.38. The molecule has 0 aliphatic rings. The Kier molecular flexibility index (Phi) is 5.84. The van der Waals surface area contributed by atoms with Crippen LogP contribution in [0.3, 0.4) is 0 Å². The Morgan fingerprint density at radius 3 is 1.54 bits per heavy atom. The average molecular weight is 518 g/mol. The van der Waals surface area contributed by atoms with Crippen LogP contribution in [0.2, 0.25) is 0 Å². The summed E-state index contributed by atoms with van der Waals surface area (Å²) in [5, 5.41) is 11.4. The normalized spacial score (nSPS) is 11.6. The third-order valence-corrected chi connectivity index (χ3v) is 12.4. The molecule has 6 aromatic carbocycles. The highest BCUT2D eigenvalue weighted by molar-refractivity contribution is 7.19. The second-order valence-corrected chi connectivity index (χ2v) is 13.7. The van der Waals surface area contributed by atoms with Gasteiger partial charge in [0.05, 0.1) is 0 Å². The van der Waals surface area contributed by atoms with Crippen LogP contribution in [-0.4, -0.2) is 8.07 Å². The first-order chi connectivity index (χ1) is 19.3. The van der Waals surface area contributed by atoms with Crippen LogP contribution in [0.4, 0.5) is 11.4 Å². The van der Waals surface area contributed by atoms with E-state index < -0.39 is 8.07 Å². The summed E-state index contributed by atoms with van der Waals surface area (Å²) in [4.78, 5) is 0. The first-order valence-corrected chi connectivity index (χ1v) is 15.3. The SMILES string of the molecule is c1ccc([Si](c2ccccc2)(c2ccccc2)c2cccc(Nc3ccc4oc5ccccc5c4c3)c2)cc1. The van der Waals surface area contributed by atoms with E-state index in [9.17, 15) is 0 Å². The fourth-order valence-electron chi connectivity index (χ4n) is 5.87. The smallest absolute Gasteiger partial charge is 0.179 e. The van der Waals surface area contributed by atoms with Gasteiger partial charge in [-0.1, -0.05) is 121 Å². The Morgan fingerprint density at radius 1 is 0.385 bits per heavy atom. The van der Waals surface area contributed by atoms with E-state index in [4.69, 9.17) is 4.42 Å². The molecule has 1 heterocycles. The van der Waals surface area contributed by atoms with Gasteiger partial charge in [0.1, 0.15) is 11.2 Å². The van der Waals surface area contributed by atoms with E-state index >= 15 is 0 Å². The molecule has 7 rings (SSSR count). The third-order valence-electron chi connectivity index (χ3n) is 7.58. The molecule has 7 aromatic rings. The lowest BCUT2D eigenvalue weighted by atomic mass is 10.1. The first-order valence-electron chi connectivity index (χ1n) is 13.3. The first kappa shape index (κ1) is 23.3. The summed E-state index contributed by atoms with van der Waals surface area (Å²) in [5.74, 6) is 0. The van der Waals surface area contributed by atoms with Crippen LogP contribution in [0.5, 0.6) is 0 Å². The van der Waals surface area contributed by atoms with Crippen molar-refractivity contribution in [2.24, 2.45) is 0 Å². The molecule has 0 atom stereocenters. The van der Waals surface area contributed by atoms with E-state index in [1.807, 2.05) is 12.1 Å². The molecule has 0 aliphatic carbocycles. The lowest BCUT2D eigenvalue weighted by molar-refractivity contribution is 0.669. The number of hydrogen-bond acceptors (Lipinski definition) is 2. The van der Waals surface area contributed by atoms with E-state index in [1.54, 1.807) is 0 Å². The van der Waals surface area contributed by atoms with Crippen LogP contribution in [0.25, 0.3) is 21.9 Å². The Balaban J connectivity index is 1.39. The molecule has 0 aliphatic heterocycles. The Hall–Kier alpha value is -4.86. The highest BCUT2D eigenvalue weighted by Crippen LogP contribution is 2.31. The van der Waals surface area contributed by atoms with Gasteiger partial charge >= 0.3 is 0 Å². The van der Waals surface area contributed by atoms with Crippen LogP contribution < -0.4 is 26.1 Å². The molecule has 0 fully saturated rings. The molecule has 3 heteroatoms. The number of rotatable bonds is 6. The van der Waals surface area contributed by atoms with Crippen molar-refractivity contribution in [3.05, 3.63) is 158 Å². The van der Waals surface area contributed by atoms with Crippen LogP contribution in [0.15, 0.2) is 162 Å². The van der Waals surface area contributed by atoms with Gasteiger partial charge in [0, 0.05) is 22.1 Å². The van der Waals surface area contributed by atoms with Crippen molar-refractivity contribution in [2.45, 2.75) is 0 Å². The highest BCUT2D eigenvalue weighted by atomic mass is 28.3. The van der Waals surface area contributed by atoms with Gasteiger partial charge in [-0.3, -0.25) is 0 Å². The van der Waals surface area contributed by atoms with E-state index in [0.717, 1.165) is 33.3 Å². The largest absolute Gasteiger partial charge is 0.456 e. The van der Waals surface area contributed by atoms with Gasteiger partial charge in [-0.2, -0.15) is 0 Å². The van der Waals surface area contributed by atoms with Crippen LogP contribution in [0.1, 0.15) is 0 Å². The molecule has 0 saturated carbocycles. The van der Waals surface area contributed by atoms with Crippen molar-refractivity contribution in [3.63, 3.8) is 0 Å². The minimum absolute atomic E-state index is 0.902. The number of furan rings is 1. The predicted molar refractivity (Wildman–Crippen MR) is 167 cm³/mol. The number of nitrogens with one attached hydrogen (secondary N) is 1. The molecule has 0 saturated heterocycles. The van der Waals surface area contributed by atoms with Gasteiger partial charge in [0.25, 0.3) is 0 Å². The summed E-state index contributed by atoms with van der Waals surface area (Å²) in [6.07, 6.45) is 0. The Morgan fingerprint density at radius 2 is 0.897 bits per heavy atom. The maximum absolute atomic E-state index is 6.05. The summed E-state index contributed by atoms with van der Waals surface area (Å²) in [7, 11) is -2.57. The molecule has 0 unspecified atom stereocenters. The van der Waals surface area contributed by atoms with Crippen molar-refractivity contribution in [2.75, 3.05) is 5.32 Å². The van der Waals surface area contributed by atoms with Crippen molar-refractivity contribution in [3.8, 4) is 0 Å². The number of fused-ring (bicyclic) bond motifs is 3. The molecular weight excluding hydrogens is 490 g/mol. The number of benzene rings is 6. The standard InChI is InChI=1S/C36H27NOSi/c1-4-14-29(15-5-1)39(30-16-6-2-7-17-30,31-18-8-3-9-19-31)32-20-12-13-27(25-32)37-28-23-24-36-34(26-28)33-21-10-11-22-35(33)38-36/h1-26,37H. The Labute approximate surface area is 229 Å². The maximum atomic E-state index is 6.05. The lowest BCUT2D eigenvalue weighted by Crippen LogP contribution is -2.74. The second-order valence-electron chi connectivity index (χ2n) is 9.86. The van der Waals surface area contributed by atoms with E-state index in [0.29, 0.717) is 0 Å². The molecule has 1 aromatic heterocycles. The number of para-hydroxylation sites is 1. The molecule has 186 valence electrons. The summed E-state index contributed by atoms with van der Waals surface area (Å²) in [5.41, 5.74) is 3.92. The molecule has 39 heavy (non-hydrogen) atoms. The zero-order valence-corrected chi connectivity index (χ0v) is 22.4. The molecule has 0 amide bonds. The van der Waals surface area contributed by atoms with Gasteiger partial charge in [-0.25, -0.2) is 0 Å². The number of hydrogen-bond donors (Lipinski definition) is 1. The van der Waals surface area contributed by atoms with Gasteiger partial charge in [0.15, 0.2) is 8.07 Å². The zero-order chi connectivity index (χ0) is 26.1. The van der Waals surface area contributed by atoms with Crippen molar-refractivity contribution in [1.29, 1.82) is 0 Å². The molecule has 0 bridgehead atoms. The highest BCUT2D eigenvalue weighted by Gasteiger charge is 2.41. The summed E-state index contributed by atoms with van der Waals surface area (Å²) >= 11 is 0. The molecule has 0 radical (unpaired) electrons. The topological polar surface area (TPSA) is 25.2 Å². The Bertz CT molecular complexity index is 1780. The van der Waals surface area contributed by atoms with Gasteiger partial charge < -0.3 is 9.73 Å². The fraction of sp³-hybridized carbons (Fsp3) is 0. The quantitative estimate of drug-likeness (QED) is 0.196. The van der Waals surface area contributed by atoms with Crippen molar-refractivity contribution < 1.29 is 4.42 Å². The monoisotopic (exact) mass is 517 g/mol. The molecule has 1 N–H and O–H groups in total. The van der Waals surface area contributed by atoms with Gasteiger partial charge in [0.2, 0.25) is 0 Å². The summed E-state index contributed by atoms with van der Waals surface area (Å²) in [6.45, 7) is 0. The number of anilines is 2. The van der Waals surface area contributed by atoms with Crippen molar-refractivity contribution >= 4 is 62.1 Å². The minimum Gasteiger partial charge on any atom is -0.456 e. The fourth-order valence-corrected chi connectivity index (χ4v) is 10.7. The van der Waals surface area contributed by atoms with E-state index in [2.05, 4.69) is 151 Å². The minimum atomic E-state index is -2.57. The van der Waals surface area contributed by atoms with Gasteiger partial charge in [-0.05, 0) is 57.1 Å².